The van der Waals surface area contributed by atoms with Crippen LogP contribution in [0.25, 0.3) is 0 Å². The summed E-state index contributed by atoms with van der Waals surface area (Å²) in [6.07, 6.45) is 0.824. The molecule has 3 rings (SSSR count). The lowest BCUT2D eigenvalue weighted by molar-refractivity contribution is -0.132. The quantitative estimate of drug-likeness (QED) is 0.779. The van der Waals surface area contributed by atoms with Crippen molar-refractivity contribution in [2.75, 3.05) is 7.11 Å². The van der Waals surface area contributed by atoms with Gasteiger partial charge in [-0.05, 0) is 61.1 Å². The summed E-state index contributed by atoms with van der Waals surface area (Å²) >= 11 is 0. The van der Waals surface area contributed by atoms with Crippen molar-refractivity contribution in [3.8, 4) is 5.75 Å². The fourth-order valence-corrected chi connectivity index (χ4v) is 4.05. The second-order valence-corrected chi connectivity index (χ2v) is 7.06. The molecule has 0 saturated heterocycles. The van der Waals surface area contributed by atoms with E-state index in [4.69, 9.17) is 4.74 Å². The number of carbonyl (C=O) groups excluding carboxylic acids is 2. The van der Waals surface area contributed by atoms with E-state index >= 15 is 0 Å². The van der Waals surface area contributed by atoms with Gasteiger partial charge in [0.2, 0.25) is 0 Å². The molecule has 0 atom stereocenters. The van der Waals surface area contributed by atoms with Crippen LogP contribution in [0.15, 0.2) is 36.4 Å². The van der Waals surface area contributed by atoms with Gasteiger partial charge in [0, 0.05) is 12.8 Å². The number of benzene rings is 2. The van der Waals surface area contributed by atoms with E-state index in [1.165, 1.54) is 0 Å². The molecule has 1 aliphatic carbocycles. The second-order valence-electron chi connectivity index (χ2n) is 7.06. The molecule has 1 aliphatic rings. The minimum Gasteiger partial charge on any atom is -0.497 e. The van der Waals surface area contributed by atoms with Gasteiger partial charge in [0.25, 0.3) is 0 Å². The zero-order valence-corrected chi connectivity index (χ0v) is 15.3. The molecule has 1 saturated carbocycles. The predicted molar refractivity (Wildman–Crippen MR) is 98.4 cm³/mol. The van der Waals surface area contributed by atoms with E-state index in [-0.39, 0.29) is 17.5 Å². The van der Waals surface area contributed by atoms with Crippen LogP contribution in [0.5, 0.6) is 5.75 Å². The summed E-state index contributed by atoms with van der Waals surface area (Å²) in [5, 5.41) is 0. The van der Waals surface area contributed by atoms with Crippen molar-refractivity contribution in [3.63, 3.8) is 0 Å². The molecule has 0 aromatic heterocycles. The van der Waals surface area contributed by atoms with Gasteiger partial charge in [-0.15, -0.1) is 0 Å². The molecule has 0 heterocycles. The van der Waals surface area contributed by atoms with Crippen LogP contribution >= 0.6 is 0 Å². The molecule has 0 bridgehead atoms. The van der Waals surface area contributed by atoms with Crippen molar-refractivity contribution < 1.29 is 14.3 Å². The maximum Gasteiger partial charge on any atom is 0.148 e. The fraction of sp³-hybridized carbons (Fsp3) is 0.364. The minimum atomic E-state index is -0.602. The number of aryl methyl sites for hydroxylation is 3. The molecular formula is C22H24O3. The molecule has 1 fully saturated rings. The Kier molecular flexibility index (Phi) is 4.76. The SMILES string of the molecule is COc1ccc(C2CC(=O)C(c3c(C)cc(C)cc3C)C(=O)C2)cc1. The maximum absolute atomic E-state index is 12.9. The number of ether oxygens (including phenoxy) is 1. The summed E-state index contributed by atoms with van der Waals surface area (Å²) in [7, 11) is 1.62. The van der Waals surface area contributed by atoms with Crippen molar-refractivity contribution in [1.29, 1.82) is 0 Å². The molecule has 0 spiro atoms. The highest BCUT2D eigenvalue weighted by Crippen LogP contribution is 2.38. The highest BCUT2D eigenvalue weighted by Gasteiger charge is 2.38. The van der Waals surface area contributed by atoms with Crippen LogP contribution in [-0.2, 0) is 9.59 Å². The maximum atomic E-state index is 12.9. The molecule has 3 nitrogen and oxygen atoms in total. The number of Topliss-reactive ketones (excluding diaryl/α,β-unsaturated/α-hetero) is 2. The lowest BCUT2D eigenvalue weighted by atomic mass is 9.72. The third-order valence-corrected chi connectivity index (χ3v) is 5.15. The highest BCUT2D eigenvalue weighted by atomic mass is 16.5. The van der Waals surface area contributed by atoms with Crippen molar-refractivity contribution in [2.45, 2.75) is 45.4 Å². The minimum absolute atomic E-state index is 0.0341. The first-order valence-corrected chi connectivity index (χ1v) is 8.67. The van der Waals surface area contributed by atoms with Crippen molar-refractivity contribution in [2.24, 2.45) is 0 Å². The topological polar surface area (TPSA) is 43.4 Å². The van der Waals surface area contributed by atoms with Crippen LogP contribution in [0.3, 0.4) is 0 Å². The zero-order chi connectivity index (χ0) is 18.1. The summed E-state index contributed by atoms with van der Waals surface area (Å²) in [6, 6.07) is 11.8. The van der Waals surface area contributed by atoms with Crippen molar-refractivity contribution in [3.05, 3.63) is 64.2 Å². The fourth-order valence-electron chi connectivity index (χ4n) is 4.05. The number of rotatable bonds is 3. The van der Waals surface area contributed by atoms with Gasteiger partial charge in [-0.2, -0.15) is 0 Å². The Bertz CT molecular complexity index is 777. The molecule has 130 valence electrons. The van der Waals surface area contributed by atoms with Crippen LogP contribution in [-0.4, -0.2) is 18.7 Å². The summed E-state index contributed by atoms with van der Waals surface area (Å²) in [6.45, 7) is 6.02. The van der Waals surface area contributed by atoms with Crippen LogP contribution in [0, 0.1) is 20.8 Å². The average Bonchev–Trinajstić information content (AvgIpc) is 2.56. The number of methoxy groups -OCH3 is 1. The van der Waals surface area contributed by atoms with Gasteiger partial charge in [0.1, 0.15) is 23.2 Å². The molecule has 0 radical (unpaired) electrons. The van der Waals surface area contributed by atoms with Gasteiger partial charge >= 0.3 is 0 Å². The summed E-state index contributed by atoms with van der Waals surface area (Å²) in [4.78, 5) is 25.7. The lowest BCUT2D eigenvalue weighted by Crippen LogP contribution is -2.31. The molecular weight excluding hydrogens is 312 g/mol. The predicted octanol–water partition coefficient (Wildman–Crippen LogP) is 4.42. The Labute approximate surface area is 149 Å². The van der Waals surface area contributed by atoms with Crippen LogP contribution in [0.4, 0.5) is 0 Å². The first-order chi connectivity index (χ1) is 11.9. The number of hydrogen-bond donors (Lipinski definition) is 0. The monoisotopic (exact) mass is 336 g/mol. The Morgan fingerprint density at radius 3 is 1.88 bits per heavy atom. The highest BCUT2D eigenvalue weighted by molar-refractivity contribution is 6.10. The van der Waals surface area contributed by atoms with E-state index in [2.05, 4.69) is 12.1 Å². The van der Waals surface area contributed by atoms with Crippen LogP contribution < -0.4 is 4.74 Å². The van der Waals surface area contributed by atoms with E-state index < -0.39 is 5.92 Å². The van der Waals surface area contributed by atoms with Crippen molar-refractivity contribution >= 4 is 11.6 Å². The first kappa shape index (κ1) is 17.4. The smallest absolute Gasteiger partial charge is 0.148 e. The number of carbonyl (C=O) groups is 2. The van der Waals surface area contributed by atoms with E-state index in [0.29, 0.717) is 12.8 Å². The zero-order valence-electron chi connectivity index (χ0n) is 15.3. The van der Waals surface area contributed by atoms with Gasteiger partial charge in [0.05, 0.1) is 7.11 Å². The third-order valence-electron chi connectivity index (χ3n) is 5.15. The van der Waals surface area contributed by atoms with Gasteiger partial charge < -0.3 is 4.74 Å². The molecule has 25 heavy (non-hydrogen) atoms. The molecule has 2 aromatic rings. The molecule has 0 amide bonds. The van der Waals surface area contributed by atoms with Crippen LogP contribution in [0.2, 0.25) is 0 Å². The number of hydrogen-bond acceptors (Lipinski definition) is 3. The largest absolute Gasteiger partial charge is 0.497 e. The molecule has 0 aliphatic heterocycles. The summed E-state index contributed by atoms with van der Waals surface area (Å²) in [5.74, 6) is 0.212. The van der Waals surface area contributed by atoms with Crippen LogP contribution in [0.1, 0.15) is 52.5 Å². The van der Waals surface area contributed by atoms with E-state index in [0.717, 1.165) is 33.6 Å². The van der Waals surface area contributed by atoms with Crippen molar-refractivity contribution in [1.82, 2.24) is 0 Å². The average molecular weight is 336 g/mol. The molecule has 0 N–H and O–H groups in total. The Balaban J connectivity index is 1.88. The Morgan fingerprint density at radius 2 is 1.40 bits per heavy atom. The van der Waals surface area contributed by atoms with Gasteiger partial charge in [-0.1, -0.05) is 29.8 Å². The molecule has 2 aromatic carbocycles. The molecule has 3 heteroatoms. The van der Waals surface area contributed by atoms with E-state index in [1.807, 2.05) is 45.0 Å². The third kappa shape index (κ3) is 3.37. The van der Waals surface area contributed by atoms with Gasteiger partial charge in [-0.25, -0.2) is 0 Å². The number of ketones is 2. The standard InChI is InChI=1S/C22H24O3/c1-13-9-14(2)21(15(3)10-13)22-19(23)11-17(12-20(22)24)16-5-7-18(25-4)8-6-16/h5-10,17,22H,11-12H2,1-4H3. The Hall–Kier alpha value is -2.42. The van der Waals surface area contributed by atoms with Gasteiger partial charge in [-0.3, -0.25) is 9.59 Å². The first-order valence-electron chi connectivity index (χ1n) is 8.67. The van der Waals surface area contributed by atoms with E-state index in [1.54, 1.807) is 7.11 Å². The molecule has 0 unspecified atom stereocenters. The lowest BCUT2D eigenvalue weighted by Gasteiger charge is -2.29. The summed E-state index contributed by atoms with van der Waals surface area (Å²) in [5.41, 5.74) is 5.16. The van der Waals surface area contributed by atoms with E-state index in [9.17, 15) is 9.59 Å². The normalized spacial score (nSPS) is 20.6. The van der Waals surface area contributed by atoms with Gasteiger partial charge in [0.15, 0.2) is 0 Å². The second kappa shape index (κ2) is 6.83. The summed E-state index contributed by atoms with van der Waals surface area (Å²) < 4.78 is 5.18. The Morgan fingerprint density at radius 1 is 0.880 bits per heavy atom.